The van der Waals surface area contributed by atoms with Crippen molar-refractivity contribution in [3.8, 4) is 0 Å². The van der Waals surface area contributed by atoms with Gasteiger partial charge in [0, 0.05) is 30.6 Å². The maximum Gasteiger partial charge on any atom is 0.253 e. The Kier molecular flexibility index (Phi) is 5.48. The standard InChI is InChI=1S/C19H26N4O2/c1-13(2)17-21-18(25-22-17)14(3)20-16-9-11-23(12-10-16)19(24)15-7-5-4-6-8-15/h4-8,13-14,16,20H,9-12H2,1-3H3/t14-/m1/s1. The molecule has 0 spiro atoms. The summed E-state index contributed by atoms with van der Waals surface area (Å²) in [6, 6.07) is 9.84. The fourth-order valence-electron chi connectivity index (χ4n) is 3.10. The zero-order chi connectivity index (χ0) is 17.8. The molecule has 1 fully saturated rings. The van der Waals surface area contributed by atoms with E-state index < -0.39 is 0 Å². The molecule has 25 heavy (non-hydrogen) atoms. The van der Waals surface area contributed by atoms with Crippen LogP contribution in [-0.2, 0) is 0 Å². The summed E-state index contributed by atoms with van der Waals surface area (Å²) >= 11 is 0. The molecule has 1 amide bonds. The van der Waals surface area contributed by atoms with Gasteiger partial charge < -0.3 is 14.7 Å². The SMILES string of the molecule is CC(C)c1noc([C@@H](C)NC2CCN(C(=O)c3ccccc3)CC2)n1. The number of hydrogen-bond donors (Lipinski definition) is 1. The van der Waals surface area contributed by atoms with Gasteiger partial charge in [-0.3, -0.25) is 4.79 Å². The summed E-state index contributed by atoms with van der Waals surface area (Å²) < 4.78 is 5.36. The molecular formula is C19H26N4O2. The average Bonchev–Trinajstić information content (AvgIpc) is 3.13. The van der Waals surface area contributed by atoms with E-state index in [0.29, 0.717) is 11.9 Å². The van der Waals surface area contributed by atoms with Gasteiger partial charge in [-0.25, -0.2) is 0 Å². The molecule has 0 radical (unpaired) electrons. The van der Waals surface area contributed by atoms with Crippen LogP contribution < -0.4 is 5.32 Å². The summed E-state index contributed by atoms with van der Waals surface area (Å²) in [5.41, 5.74) is 0.759. The summed E-state index contributed by atoms with van der Waals surface area (Å²) in [5, 5.41) is 7.57. The molecule has 2 aromatic rings. The Bertz CT molecular complexity index is 690. The Morgan fingerprint density at radius 3 is 2.48 bits per heavy atom. The fourth-order valence-corrected chi connectivity index (χ4v) is 3.10. The molecule has 0 saturated carbocycles. The number of rotatable bonds is 5. The summed E-state index contributed by atoms with van der Waals surface area (Å²) in [6.07, 6.45) is 1.85. The molecule has 6 nitrogen and oxygen atoms in total. The monoisotopic (exact) mass is 342 g/mol. The number of carbonyl (C=O) groups is 1. The maximum atomic E-state index is 12.5. The number of carbonyl (C=O) groups excluding carboxylic acids is 1. The third-order valence-electron chi connectivity index (χ3n) is 4.63. The molecule has 1 N–H and O–H groups in total. The summed E-state index contributed by atoms with van der Waals surface area (Å²) in [4.78, 5) is 18.9. The van der Waals surface area contributed by atoms with Crippen LogP contribution in [0.25, 0.3) is 0 Å². The Balaban J connectivity index is 1.51. The molecule has 1 aliphatic rings. The average molecular weight is 342 g/mol. The fraction of sp³-hybridized carbons (Fsp3) is 0.526. The third-order valence-corrected chi connectivity index (χ3v) is 4.63. The number of benzene rings is 1. The van der Waals surface area contributed by atoms with Gasteiger partial charge in [-0.2, -0.15) is 4.98 Å². The van der Waals surface area contributed by atoms with E-state index in [1.165, 1.54) is 0 Å². The molecule has 1 aromatic carbocycles. The van der Waals surface area contributed by atoms with Gasteiger partial charge in [0.2, 0.25) is 5.89 Å². The predicted octanol–water partition coefficient (Wildman–Crippen LogP) is 3.15. The van der Waals surface area contributed by atoms with Crippen molar-refractivity contribution < 1.29 is 9.32 Å². The van der Waals surface area contributed by atoms with Crippen molar-refractivity contribution in [3.63, 3.8) is 0 Å². The van der Waals surface area contributed by atoms with Crippen molar-refractivity contribution in [2.24, 2.45) is 0 Å². The maximum absolute atomic E-state index is 12.5. The Morgan fingerprint density at radius 1 is 1.20 bits per heavy atom. The van der Waals surface area contributed by atoms with Crippen LogP contribution in [0.15, 0.2) is 34.9 Å². The van der Waals surface area contributed by atoms with Crippen molar-refractivity contribution in [2.45, 2.75) is 51.6 Å². The van der Waals surface area contributed by atoms with Crippen LogP contribution in [0.4, 0.5) is 0 Å². The highest BCUT2D eigenvalue weighted by Crippen LogP contribution is 2.19. The van der Waals surface area contributed by atoms with Gasteiger partial charge in [0.1, 0.15) is 0 Å². The molecule has 1 atom stereocenters. The van der Waals surface area contributed by atoms with Crippen LogP contribution in [0.3, 0.4) is 0 Å². The second kappa shape index (κ2) is 7.78. The topological polar surface area (TPSA) is 71.3 Å². The minimum Gasteiger partial charge on any atom is -0.339 e. The first-order valence-electron chi connectivity index (χ1n) is 8.98. The van der Waals surface area contributed by atoms with Gasteiger partial charge in [-0.1, -0.05) is 37.2 Å². The van der Waals surface area contributed by atoms with Crippen LogP contribution in [0.5, 0.6) is 0 Å². The van der Waals surface area contributed by atoms with E-state index in [-0.39, 0.29) is 17.9 Å². The number of piperidine rings is 1. The first-order valence-corrected chi connectivity index (χ1v) is 8.98. The summed E-state index contributed by atoms with van der Waals surface area (Å²) in [6.45, 7) is 7.66. The van der Waals surface area contributed by atoms with E-state index in [1.54, 1.807) is 0 Å². The lowest BCUT2D eigenvalue weighted by atomic mass is 10.0. The van der Waals surface area contributed by atoms with Crippen molar-refractivity contribution in [1.82, 2.24) is 20.4 Å². The molecule has 134 valence electrons. The van der Waals surface area contributed by atoms with Crippen LogP contribution in [0.2, 0.25) is 0 Å². The smallest absolute Gasteiger partial charge is 0.253 e. The number of amides is 1. The second-order valence-electron chi connectivity index (χ2n) is 6.97. The molecule has 1 aliphatic heterocycles. The van der Waals surface area contributed by atoms with E-state index in [2.05, 4.69) is 15.5 Å². The number of nitrogens with zero attached hydrogens (tertiary/aromatic N) is 3. The molecule has 2 heterocycles. The summed E-state index contributed by atoms with van der Waals surface area (Å²) in [7, 11) is 0. The zero-order valence-corrected chi connectivity index (χ0v) is 15.1. The Labute approximate surface area is 148 Å². The van der Waals surface area contributed by atoms with Crippen molar-refractivity contribution >= 4 is 5.91 Å². The highest BCUT2D eigenvalue weighted by molar-refractivity contribution is 5.94. The largest absolute Gasteiger partial charge is 0.339 e. The number of hydrogen-bond acceptors (Lipinski definition) is 5. The molecule has 1 aromatic heterocycles. The van der Waals surface area contributed by atoms with E-state index in [1.807, 2.05) is 56.0 Å². The molecular weight excluding hydrogens is 316 g/mol. The number of likely N-dealkylation sites (tertiary alicyclic amines) is 1. The second-order valence-corrected chi connectivity index (χ2v) is 6.97. The van der Waals surface area contributed by atoms with Gasteiger partial charge in [-0.15, -0.1) is 0 Å². The van der Waals surface area contributed by atoms with Gasteiger partial charge >= 0.3 is 0 Å². The van der Waals surface area contributed by atoms with E-state index in [0.717, 1.165) is 37.3 Å². The lowest BCUT2D eigenvalue weighted by molar-refractivity contribution is 0.0700. The molecule has 0 aliphatic carbocycles. The van der Waals surface area contributed by atoms with Crippen LogP contribution >= 0.6 is 0 Å². The minimum atomic E-state index is 0.0152. The normalized spacial score (nSPS) is 17.0. The van der Waals surface area contributed by atoms with Crippen LogP contribution in [0.1, 0.15) is 67.6 Å². The van der Waals surface area contributed by atoms with Crippen LogP contribution in [-0.4, -0.2) is 40.1 Å². The van der Waals surface area contributed by atoms with E-state index >= 15 is 0 Å². The molecule has 3 rings (SSSR count). The van der Waals surface area contributed by atoms with Gasteiger partial charge in [-0.05, 0) is 31.9 Å². The number of aromatic nitrogens is 2. The highest BCUT2D eigenvalue weighted by atomic mass is 16.5. The minimum absolute atomic E-state index is 0.0152. The van der Waals surface area contributed by atoms with Crippen LogP contribution in [0, 0.1) is 0 Å². The Morgan fingerprint density at radius 2 is 1.88 bits per heavy atom. The zero-order valence-electron chi connectivity index (χ0n) is 15.1. The lowest BCUT2D eigenvalue weighted by Crippen LogP contribution is -2.45. The molecule has 0 unspecified atom stereocenters. The lowest BCUT2D eigenvalue weighted by Gasteiger charge is -2.33. The van der Waals surface area contributed by atoms with Gasteiger partial charge in [0.05, 0.1) is 6.04 Å². The van der Waals surface area contributed by atoms with Gasteiger partial charge in [0.15, 0.2) is 5.82 Å². The number of nitrogens with one attached hydrogen (secondary N) is 1. The first kappa shape index (κ1) is 17.6. The van der Waals surface area contributed by atoms with Crippen molar-refractivity contribution in [2.75, 3.05) is 13.1 Å². The third kappa shape index (κ3) is 4.25. The molecule has 0 bridgehead atoms. The van der Waals surface area contributed by atoms with Gasteiger partial charge in [0.25, 0.3) is 5.91 Å². The van der Waals surface area contributed by atoms with E-state index in [9.17, 15) is 4.79 Å². The quantitative estimate of drug-likeness (QED) is 0.904. The highest BCUT2D eigenvalue weighted by Gasteiger charge is 2.26. The Hall–Kier alpha value is -2.21. The van der Waals surface area contributed by atoms with Crippen molar-refractivity contribution in [1.29, 1.82) is 0 Å². The molecule has 6 heteroatoms. The van der Waals surface area contributed by atoms with E-state index in [4.69, 9.17) is 4.52 Å². The summed E-state index contributed by atoms with van der Waals surface area (Å²) in [5.74, 6) is 1.75. The first-order chi connectivity index (χ1) is 12.0. The molecule has 1 saturated heterocycles. The predicted molar refractivity (Wildman–Crippen MR) is 95.3 cm³/mol. The van der Waals surface area contributed by atoms with Crippen molar-refractivity contribution in [3.05, 3.63) is 47.6 Å².